The number of hydrogen-bond donors (Lipinski definition) is 1. The van der Waals surface area contributed by atoms with Gasteiger partial charge in [0, 0.05) is 12.1 Å². The van der Waals surface area contributed by atoms with Gasteiger partial charge in [-0.1, -0.05) is 30.3 Å². The van der Waals surface area contributed by atoms with Crippen molar-refractivity contribution in [2.75, 3.05) is 24.6 Å². The molecular formula is C31H39N3O6S. The number of sulfonamides is 1. The second kappa shape index (κ2) is 13.5. The predicted octanol–water partition coefficient (Wildman–Crippen LogP) is 4.62. The summed E-state index contributed by atoms with van der Waals surface area (Å²) in [5.74, 6) is 0.345. The first-order valence-corrected chi connectivity index (χ1v) is 14.8. The maximum absolute atomic E-state index is 14.0. The number of ether oxygens (including phenoxy) is 2. The van der Waals surface area contributed by atoms with Crippen LogP contribution in [-0.4, -0.2) is 57.0 Å². The van der Waals surface area contributed by atoms with Gasteiger partial charge in [-0.2, -0.15) is 0 Å². The van der Waals surface area contributed by atoms with Crippen molar-refractivity contribution < 1.29 is 27.5 Å². The van der Waals surface area contributed by atoms with Crippen LogP contribution in [0.1, 0.15) is 40.2 Å². The molecular weight excluding hydrogens is 542 g/mol. The Hall–Kier alpha value is -4.05. The van der Waals surface area contributed by atoms with E-state index in [0.717, 1.165) is 9.87 Å². The molecule has 41 heavy (non-hydrogen) atoms. The molecule has 2 amide bonds. The average Bonchev–Trinajstić information content (AvgIpc) is 2.94. The highest BCUT2D eigenvalue weighted by Gasteiger charge is 2.33. The van der Waals surface area contributed by atoms with E-state index in [9.17, 15) is 18.0 Å². The Morgan fingerprint density at radius 3 is 2.02 bits per heavy atom. The molecule has 0 bridgehead atoms. The third-order valence-electron chi connectivity index (χ3n) is 6.22. The van der Waals surface area contributed by atoms with E-state index in [-0.39, 0.29) is 17.3 Å². The molecule has 1 N–H and O–H groups in total. The van der Waals surface area contributed by atoms with Gasteiger partial charge in [-0.3, -0.25) is 13.9 Å². The van der Waals surface area contributed by atoms with Crippen molar-refractivity contribution in [1.82, 2.24) is 10.2 Å². The molecule has 0 radical (unpaired) electrons. The maximum Gasteiger partial charge on any atom is 0.264 e. The molecule has 220 valence electrons. The summed E-state index contributed by atoms with van der Waals surface area (Å²) in [6, 6.07) is 20.7. The van der Waals surface area contributed by atoms with Gasteiger partial charge in [0.15, 0.2) is 0 Å². The zero-order chi connectivity index (χ0) is 30.2. The lowest BCUT2D eigenvalue weighted by Crippen LogP contribution is -2.54. The minimum Gasteiger partial charge on any atom is -0.497 e. The van der Waals surface area contributed by atoms with Gasteiger partial charge < -0.3 is 19.7 Å². The Balaban J connectivity index is 2.02. The van der Waals surface area contributed by atoms with Crippen LogP contribution in [0.25, 0.3) is 0 Å². The van der Waals surface area contributed by atoms with Gasteiger partial charge in [0.25, 0.3) is 10.0 Å². The van der Waals surface area contributed by atoms with Crippen molar-refractivity contribution in [3.8, 4) is 11.5 Å². The minimum absolute atomic E-state index is 0.0434. The molecule has 0 heterocycles. The van der Waals surface area contributed by atoms with Crippen LogP contribution < -0.4 is 19.1 Å². The summed E-state index contributed by atoms with van der Waals surface area (Å²) in [4.78, 5) is 28.6. The molecule has 0 aliphatic heterocycles. The van der Waals surface area contributed by atoms with E-state index in [0.29, 0.717) is 23.8 Å². The Morgan fingerprint density at radius 2 is 1.49 bits per heavy atom. The molecule has 0 aliphatic carbocycles. The summed E-state index contributed by atoms with van der Waals surface area (Å²) >= 11 is 0. The van der Waals surface area contributed by atoms with Gasteiger partial charge in [-0.25, -0.2) is 8.42 Å². The van der Waals surface area contributed by atoms with Crippen molar-refractivity contribution in [1.29, 1.82) is 0 Å². The van der Waals surface area contributed by atoms with E-state index in [1.54, 1.807) is 80.8 Å². The highest BCUT2D eigenvalue weighted by Crippen LogP contribution is 2.27. The number of anilines is 1. The van der Waals surface area contributed by atoms with Gasteiger partial charge in [-0.05, 0) is 88.7 Å². The van der Waals surface area contributed by atoms with Crippen LogP contribution in [0.2, 0.25) is 0 Å². The molecule has 9 nitrogen and oxygen atoms in total. The molecule has 1 atom stereocenters. The molecule has 0 saturated heterocycles. The molecule has 0 fully saturated rings. The van der Waals surface area contributed by atoms with Gasteiger partial charge in [0.05, 0.1) is 24.3 Å². The van der Waals surface area contributed by atoms with Crippen LogP contribution in [0.3, 0.4) is 0 Å². The molecule has 0 aromatic heterocycles. The fraction of sp³-hybridized carbons (Fsp3) is 0.355. The SMILES string of the molecule is CCOc1ccc(N(CC(=O)N(Cc2ccc(OC)cc2)[C@H](C)C(=O)NC(C)(C)C)S(=O)(=O)c2ccccc2)cc1. The predicted molar refractivity (Wildman–Crippen MR) is 159 cm³/mol. The fourth-order valence-corrected chi connectivity index (χ4v) is 5.54. The molecule has 3 aromatic rings. The maximum atomic E-state index is 14.0. The lowest BCUT2D eigenvalue weighted by molar-refractivity contribution is -0.140. The van der Waals surface area contributed by atoms with Crippen LogP contribution in [-0.2, 0) is 26.2 Å². The van der Waals surface area contributed by atoms with Crippen molar-refractivity contribution in [3.05, 3.63) is 84.4 Å². The van der Waals surface area contributed by atoms with Crippen molar-refractivity contribution >= 4 is 27.5 Å². The summed E-state index contributed by atoms with van der Waals surface area (Å²) in [7, 11) is -2.57. The normalized spacial score (nSPS) is 12.2. The van der Waals surface area contributed by atoms with Gasteiger partial charge in [-0.15, -0.1) is 0 Å². The third kappa shape index (κ3) is 8.47. The quantitative estimate of drug-likeness (QED) is 0.335. The molecule has 3 rings (SSSR count). The fourth-order valence-electron chi connectivity index (χ4n) is 4.11. The first-order chi connectivity index (χ1) is 19.4. The summed E-state index contributed by atoms with van der Waals surface area (Å²) in [6.07, 6.45) is 0. The summed E-state index contributed by atoms with van der Waals surface area (Å²) in [5.41, 5.74) is 0.528. The largest absolute Gasteiger partial charge is 0.497 e. The van der Waals surface area contributed by atoms with E-state index in [4.69, 9.17) is 9.47 Å². The summed E-state index contributed by atoms with van der Waals surface area (Å²) in [6.45, 7) is 9.08. The number of carbonyl (C=O) groups excluding carboxylic acids is 2. The number of benzene rings is 3. The average molecular weight is 582 g/mol. The monoisotopic (exact) mass is 581 g/mol. The zero-order valence-corrected chi connectivity index (χ0v) is 25.3. The number of amides is 2. The molecule has 10 heteroatoms. The Kier molecular flexibility index (Phi) is 10.4. The number of rotatable bonds is 12. The first-order valence-electron chi connectivity index (χ1n) is 13.4. The number of methoxy groups -OCH3 is 1. The molecule has 0 saturated carbocycles. The highest BCUT2D eigenvalue weighted by molar-refractivity contribution is 7.92. The van der Waals surface area contributed by atoms with E-state index in [1.807, 2.05) is 27.7 Å². The van der Waals surface area contributed by atoms with Crippen molar-refractivity contribution in [2.24, 2.45) is 0 Å². The standard InChI is InChI=1S/C31H39N3O6S/c1-7-40-27-19-15-25(16-20-27)34(41(37,38)28-11-9-8-10-12-28)22-29(35)33(23(2)30(36)32-31(3,4)5)21-24-13-17-26(39-6)18-14-24/h8-20,23H,7,21-22H2,1-6H3,(H,32,36)/t23-/m1/s1. The van der Waals surface area contributed by atoms with Crippen molar-refractivity contribution in [2.45, 2.75) is 57.6 Å². The summed E-state index contributed by atoms with van der Waals surface area (Å²) in [5, 5.41) is 2.92. The van der Waals surface area contributed by atoms with Crippen LogP contribution in [0, 0.1) is 0 Å². The van der Waals surface area contributed by atoms with Crippen molar-refractivity contribution in [3.63, 3.8) is 0 Å². The van der Waals surface area contributed by atoms with Crippen LogP contribution in [0.5, 0.6) is 11.5 Å². The Morgan fingerprint density at radius 1 is 0.902 bits per heavy atom. The molecule has 0 unspecified atom stereocenters. The number of carbonyl (C=O) groups is 2. The van der Waals surface area contributed by atoms with E-state index < -0.39 is 34.1 Å². The lowest BCUT2D eigenvalue weighted by atomic mass is 10.1. The van der Waals surface area contributed by atoms with Crippen LogP contribution >= 0.6 is 0 Å². The molecule has 0 aliphatic rings. The van der Waals surface area contributed by atoms with Gasteiger partial charge in [0.2, 0.25) is 11.8 Å². The second-order valence-corrected chi connectivity index (χ2v) is 12.4. The minimum atomic E-state index is -4.14. The topological polar surface area (TPSA) is 105 Å². The number of nitrogens with one attached hydrogen (secondary N) is 1. The zero-order valence-electron chi connectivity index (χ0n) is 24.5. The highest BCUT2D eigenvalue weighted by atomic mass is 32.2. The Labute approximate surface area is 243 Å². The van der Waals surface area contributed by atoms with E-state index in [1.165, 1.54) is 17.0 Å². The molecule has 3 aromatic carbocycles. The van der Waals surface area contributed by atoms with Crippen LogP contribution in [0.15, 0.2) is 83.8 Å². The molecule has 0 spiro atoms. The Bertz CT molecular complexity index is 1400. The van der Waals surface area contributed by atoms with Gasteiger partial charge >= 0.3 is 0 Å². The van der Waals surface area contributed by atoms with E-state index >= 15 is 0 Å². The lowest BCUT2D eigenvalue weighted by Gasteiger charge is -2.33. The number of nitrogens with zero attached hydrogens (tertiary/aromatic N) is 2. The first kappa shape index (κ1) is 31.5. The van der Waals surface area contributed by atoms with Gasteiger partial charge in [0.1, 0.15) is 24.1 Å². The second-order valence-electron chi connectivity index (χ2n) is 10.5. The van der Waals surface area contributed by atoms with Crippen LogP contribution in [0.4, 0.5) is 5.69 Å². The number of hydrogen-bond acceptors (Lipinski definition) is 6. The smallest absolute Gasteiger partial charge is 0.264 e. The van der Waals surface area contributed by atoms with E-state index in [2.05, 4.69) is 5.32 Å². The third-order valence-corrected chi connectivity index (χ3v) is 8.01. The summed E-state index contributed by atoms with van der Waals surface area (Å²) < 4.78 is 39.5.